The van der Waals surface area contributed by atoms with Crippen LogP contribution in [0, 0.1) is 6.92 Å². The Morgan fingerprint density at radius 1 is 1.08 bits per heavy atom. The Morgan fingerprint density at radius 3 is 2.54 bits per heavy atom. The maximum Gasteiger partial charge on any atom is 0.256 e. The molecule has 0 fully saturated rings. The maximum atomic E-state index is 12.2. The summed E-state index contributed by atoms with van der Waals surface area (Å²) >= 11 is 0. The van der Waals surface area contributed by atoms with Gasteiger partial charge in [-0.2, -0.15) is 0 Å². The van der Waals surface area contributed by atoms with Gasteiger partial charge in [0.15, 0.2) is 5.82 Å². The van der Waals surface area contributed by atoms with Gasteiger partial charge in [0.05, 0.1) is 12.8 Å². The number of benzene rings is 1. The van der Waals surface area contributed by atoms with E-state index >= 15 is 0 Å². The van der Waals surface area contributed by atoms with Crippen molar-refractivity contribution in [1.29, 1.82) is 0 Å². The first kappa shape index (κ1) is 15.5. The van der Waals surface area contributed by atoms with E-state index in [4.69, 9.17) is 8.94 Å². The third-order valence-corrected chi connectivity index (χ3v) is 3.26. The van der Waals surface area contributed by atoms with Crippen molar-refractivity contribution >= 4 is 17.6 Å². The zero-order valence-corrected chi connectivity index (χ0v) is 12.9. The van der Waals surface area contributed by atoms with Crippen molar-refractivity contribution in [2.24, 2.45) is 0 Å². The van der Waals surface area contributed by atoms with Crippen molar-refractivity contribution < 1.29 is 18.5 Å². The average Bonchev–Trinajstić information content (AvgIpc) is 3.24. The summed E-state index contributed by atoms with van der Waals surface area (Å²) in [5.41, 5.74) is 0.729. The number of rotatable bonds is 5. The number of hydrogen-bond donors (Lipinski definition) is 2. The molecule has 0 saturated heterocycles. The summed E-state index contributed by atoms with van der Waals surface area (Å²) in [6.07, 6.45) is 1.54. The molecule has 7 nitrogen and oxygen atoms in total. The van der Waals surface area contributed by atoms with E-state index in [0.717, 1.165) is 0 Å². The van der Waals surface area contributed by atoms with Gasteiger partial charge in [-0.25, -0.2) is 0 Å². The highest BCUT2D eigenvalue weighted by Gasteiger charge is 2.12. The quantitative estimate of drug-likeness (QED) is 0.752. The number of aromatic nitrogens is 1. The minimum Gasteiger partial charge on any atom is -0.467 e. The van der Waals surface area contributed by atoms with Crippen molar-refractivity contribution in [2.45, 2.75) is 13.5 Å². The van der Waals surface area contributed by atoms with Crippen LogP contribution in [0.15, 0.2) is 57.7 Å². The molecule has 3 rings (SSSR count). The van der Waals surface area contributed by atoms with Crippen molar-refractivity contribution in [2.75, 3.05) is 5.32 Å². The predicted molar refractivity (Wildman–Crippen MR) is 85.5 cm³/mol. The number of carbonyl (C=O) groups is 2. The highest BCUT2D eigenvalue weighted by Crippen LogP contribution is 2.11. The van der Waals surface area contributed by atoms with Crippen LogP contribution in [-0.4, -0.2) is 17.0 Å². The second kappa shape index (κ2) is 6.82. The second-order valence-electron chi connectivity index (χ2n) is 5.12. The van der Waals surface area contributed by atoms with E-state index in [1.165, 1.54) is 12.3 Å². The first-order valence-electron chi connectivity index (χ1n) is 7.27. The molecule has 0 aliphatic heterocycles. The van der Waals surface area contributed by atoms with E-state index in [9.17, 15) is 9.59 Å². The highest BCUT2D eigenvalue weighted by atomic mass is 16.5. The van der Waals surface area contributed by atoms with Crippen LogP contribution in [0.2, 0.25) is 0 Å². The van der Waals surface area contributed by atoms with Crippen LogP contribution >= 0.6 is 0 Å². The average molecular weight is 325 g/mol. The summed E-state index contributed by atoms with van der Waals surface area (Å²) in [4.78, 5) is 24.4. The number of anilines is 1. The molecule has 0 radical (unpaired) electrons. The minimum atomic E-state index is -0.371. The Balaban J connectivity index is 1.66. The van der Waals surface area contributed by atoms with Crippen molar-refractivity contribution in [3.05, 3.63) is 71.4 Å². The van der Waals surface area contributed by atoms with Gasteiger partial charge < -0.3 is 19.6 Å². The third-order valence-electron chi connectivity index (χ3n) is 3.26. The number of nitrogens with zero attached hydrogens (tertiary/aromatic N) is 1. The van der Waals surface area contributed by atoms with Crippen molar-refractivity contribution in [3.8, 4) is 0 Å². The molecule has 0 atom stereocenters. The van der Waals surface area contributed by atoms with Crippen molar-refractivity contribution in [3.63, 3.8) is 0 Å². The number of nitrogens with one attached hydrogen (secondary N) is 2. The van der Waals surface area contributed by atoms with E-state index in [1.54, 1.807) is 43.3 Å². The molecule has 2 aromatic heterocycles. The molecule has 2 amide bonds. The molecule has 2 heterocycles. The van der Waals surface area contributed by atoms with Crippen LogP contribution in [-0.2, 0) is 6.54 Å². The third kappa shape index (κ3) is 3.70. The van der Waals surface area contributed by atoms with Crippen LogP contribution in [0.25, 0.3) is 0 Å². The van der Waals surface area contributed by atoms with Gasteiger partial charge >= 0.3 is 0 Å². The minimum absolute atomic E-state index is 0.278. The number of hydrogen-bond acceptors (Lipinski definition) is 5. The number of aryl methyl sites for hydroxylation is 1. The summed E-state index contributed by atoms with van der Waals surface area (Å²) in [6, 6.07) is 11.5. The fraction of sp³-hybridized carbons (Fsp3) is 0.118. The zero-order chi connectivity index (χ0) is 16.9. The first-order chi connectivity index (χ1) is 11.6. The lowest BCUT2D eigenvalue weighted by atomic mass is 10.1. The van der Waals surface area contributed by atoms with Crippen LogP contribution in [0.1, 0.15) is 32.2 Å². The van der Waals surface area contributed by atoms with E-state index in [2.05, 4.69) is 15.8 Å². The molecule has 0 aliphatic rings. The summed E-state index contributed by atoms with van der Waals surface area (Å²) in [5, 5.41) is 9.04. The molecule has 0 saturated carbocycles. The standard InChI is InChI=1S/C17H15N3O4/c1-11-8-15(20-24-11)19-17(22)13-5-2-4-12(9-13)16(21)18-10-14-6-3-7-23-14/h2-9H,10H2,1H3,(H,18,21)(H,19,20,22). The van der Waals surface area contributed by atoms with Crippen LogP contribution in [0.5, 0.6) is 0 Å². The fourth-order valence-corrected chi connectivity index (χ4v) is 2.10. The normalized spacial score (nSPS) is 10.4. The molecule has 1 aromatic carbocycles. The van der Waals surface area contributed by atoms with Gasteiger partial charge in [0.25, 0.3) is 11.8 Å². The summed E-state index contributed by atoms with van der Waals surface area (Å²) < 4.78 is 10.0. The molecule has 7 heteroatoms. The Hall–Kier alpha value is -3.35. The summed E-state index contributed by atoms with van der Waals surface area (Å²) in [6.45, 7) is 2.01. The van der Waals surface area contributed by atoms with Gasteiger partial charge in [0.2, 0.25) is 0 Å². The maximum absolute atomic E-state index is 12.2. The van der Waals surface area contributed by atoms with Gasteiger partial charge in [-0.05, 0) is 37.3 Å². The first-order valence-corrected chi connectivity index (χ1v) is 7.27. The molecular formula is C17H15N3O4. The molecule has 0 spiro atoms. The Bertz CT molecular complexity index is 852. The second-order valence-corrected chi connectivity index (χ2v) is 5.12. The lowest BCUT2D eigenvalue weighted by Crippen LogP contribution is -2.23. The molecule has 24 heavy (non-hydrogen) atoms. The van der Waals surface area contributed by atoms with E-state index in [0.29, 0.717) is 28.5 Å². The summed E-state index contributed by atoms with van der Waals surface area (Å²) in [5.74, 6) is 0.905. The van der Waals surface area contributed by atoms with Crippen LogP contribution < -0.4 is 10.6 Å². The Kier molecular flexibility index (Phi) is 4.42. The number of carbonyl (C=O) groups excluding carboxylic acids is 2. The van der Waals surface area contributed by atoms with Crippen LogP contribution in [0.3, 0.4) is 0 Å². The molecule has 0 bridgehead atoms. The zero-order valence-electron chi connectivity index (χ0n) is 12.9. The predicted octanol–water partition coefficient (Wildman–Crippen LogP) is 2.76. The molecular weight excluding hydrogens is 310 g/mol. The van der Waals surface area contributed by atoms with E-state index in [-0.39, 0.29) is 18.4 Å². The van der Waals surface area contributed by atoms with Gasteiger partial charge in [0, 0.05) is 17.2 Å². The Morgan fingerprint density at radius 2 is 1.88 bits per heavy atom. The van der Waals surface area contributed by atoms with Crippen molar-refractivity contribution in [1.82, 2.24) is 10.5 Å². The topological polar surface area (TPSA) is 97.4 Å². The fourth-order valence-electron chi connectivity index (χ4n) is 2.10. The smallest absolute Gasteiger partial charge is 0.256 e. The van der Waals surface area contributed by atoms with Gasteiger partial charge in [-0.15, -0.1) is 0 Å². The van der Waals surface area contributed by atoms with E-state index in [1.807, 2.05) is 0 Å². The van der Waals surface area contributed by atoms with Gasteiger partial charge in [0.1, 0.15) is 11.5 Å². The Labute approximate surface area is 137 Å². The highest BCUT2D eigenvalue weighted by molar-refractivity contribution is 6.05. The van der Waals surface area contributed by atoms with E-state index < -0.39 is 0 Å². The SMILES string of the molecule is Cc1cc(NC(=O)c2cccc(C(=O)NCc3ccco3)c2)no1. The largest absolute Gasteiger partial charge is 0.467 e. The molecule has 0 aliphatic carbocycles. The molecule has 122 valence electrons. The summed E-state index contributed by atoms with van der Waals surface area (Å²) in [7, 11) is 0. The monoisotopic (exact) mass is 325 g/mol. The number of furan rings is 1. The molecule has 3 aromatic rings. The van der Waals surface area contributed by atoms with Gasteiger partial charge in [-0.1, -0.05) is 11.2 Å². The van der Waals surface area contributed by atoms with Crippen LogP contribution in [0.4, 0.5) is 5.82 Å². The number of amides is 2. The molecule has 2 N–H and O–H groups in total. The lowest BCUT2D eigenvalue weighted by Gasteiger charge is -2.06. The lowest BCUT2D eigenvalue weighted by molar-refractivity contribution is 0.0948. The van der Waals surface area contributed by atoms with Gasteiger partial charge in [-0.3, -0.25) is 9.59 Å². The molecule has 0 unspecified atom stereocenters.